The van der Waals surface area contributed by atoms with Crippen LogP contribution in [0.15, 0.2) is 42.6 Å². The zero-order valence-corrected chi connectivity index (χ0v) is 17.0. The van der Waals surface area contributed by atoms with Crippen LogP contribution in [0.4, 0.5) is 11.5 Å². The van der Waals surface area contributed by atoms with Gasteiger partial charge in [0.05, 0.1) is 11.8 Å². The lowest BCUT2D eigenvalue weighted by atomic mass is 10.0. The highest BCUT2D eigenvalue weighted by atomic mass is 32.2. The largest absolute Gasteiger partial charge is 0.346 e. The molecule has 3 aromatic rings. The second-order valence-electron chi connectivity index (χ2n) is 7.27. The van der Waals surface area contributed by atoms with E-state index in [-0.39, 0.29) is 18.2 Å². The van der Waals surface area contributed by atoms with Crippen LogP contribution in [0, 0.1) is 11.3 Å². The average Bonchev–Trinajstić information content (AvgIpc) is 3.44. The van der Waals surface area contributed by atoms with Gasteiger partial charge in [0.2, 0.25) is 16.4 Å². The first-order valence-corrected chi connectivity index (χ1v) is 11.4. The number of aromatic nitrogens is 2. The minimum absolute atomic E-state index is 0.0945. The van der Waals surface area contributed by atoms with Gasteiger partial charge in [-0.05, 0) is 54.7 Å². The molecule has 2 heterocycles. The number of carbonyl (C=O) groups is 1. The minimum atomic E-state index is -3.50. The van der Waals surface area contributed by atoms with E-state index < -0.39 is 10.0 Å². The third kappa shape index (κ3) is 4.28. The van der Waals surface area contributed by atoms with E-state index in [0.717, 1.165) is 35.8 Å². The summed E-state index contributed by atoms with van der Waals surface area (Å²) in [5.41, 5.74) is 2.95. The van der Waals surface area contributed by atoms with Crippen molar-refractivity contribution in [3.05, 3.63) is 42.6 Å². The quantitative estimate of drug-likeness (QED) is 0.404. The van der Waals surface area contributed by atoms with Gasteiger partial charge >= 0.3 is 0 Å². The molecule has 2 aromatic heterocycles. The molecule has 0 spiro atoms. The average molecular weight is 423 g/mol. The summed E-state index contributed by atoms with van der Waals surface area (Å²) in [7, 11) is -3.50. The van der Waals surface area contributed by atoms with Crippen LogP contribution in [-0.2, 0) is 14.8 Å². The number of benzene rings is 1. The summed E-state index contributed by atoms with van der Waals surface area (Å²) in [6.07, 6.45) is 5.07. The Morgan fingerprint density at radius 1 is 1.27 bits per heavy atom. The Morgan fingerprint density at radius 3 is 2.70 bits per heavy atom. The molecular weight excluding hydrogens is 402 g/mol. The molecule has 1 aliphatic carbocycles. The maximum absolute atomic E-state index is 12.1. The highest BCUT2D eigenvalue weighted by Crippen LogP contribution is 2.35. The predicted molar refractivity (Wildman–Crippen MR) is 115 cm³/mol. The van der Waals surface area contributed by atoms with E-state index in [0.29, 0.717) is 23.6 Å². The molecular formula is C21H21N5O3S. The molecule has 154 valence electrons. The lowest BCUT2D eigenvalue weighted by Crippen LogP contribution is -2.24. The zero-order valence-electron chi connectivity index (χ0n) is 16.2. The Kier molecular flexibility index (Phi) is 5.42. The topological polar surface area (TPSA) is 119 Å². The fraction of sp³-hybridized carbons (Fsp3) is 0.286. The molecule has 1 aliphatic rings. The SMILES string of the molecule is N#CCCCS(=O)(=O)Nc1ccc(-c2cc(N(C=O)C3CC3)nc3[nH]ccc23)cc1. The van der Waals surface area contributed by atoms with Gasteiger partial charge in [0.25, 0.3) is 0 Å². The standard InChI is InChI=1S/C21H21N5O3S/c22-10-1-2-12-30(28,29)25-16-5-3-15(4-6-16)19-13-20(26(14-27)17-7-8-17)24-21-18(19)9-11-23-21/h3-6,9,11,13-14,17,25H,1-2,7-8,12H2,(H,23,24). The van der Waals surface area contributed by atoms with Gasteiger partial charge in [-0.25, -0.2) is 13.4 Å². The summed E-state index contributed by atoms with van der Waals surface area (Å²) in [4.78, 5) is 20.9. The Bertz CT molecular complexity index is 1210. The zero-order chi connectivity index (χ0) is 21.1. The molecule has 30 heavy (non-hydrogen) atoms. The van der Waals surface area contributed by atoms with Crippen molar-refractivity contribution in [2.75, 3.05) is 15.4 Å². The number of carbonyl (C=O) groups excluding carboxylic acids is 1. The number of hydrogen-bond donors (Lipinski definition) is 2. The highest BCUT2D eigenvalue weighted by Gasteiger charge is 2.30. The van der Waals surface area contributed by atoms with E-state index in [1.165, 1.54) is 0 Å². The number of fused-ring (bicyclic) bond motifs is 1. The van der Waals surface area contributed by atoms with E-state index in [4.69, 9.17) is 5.26 Å². The summed E-state index contributed by atoms with van der Waals surface area (Å²) >= 11 is 0. The first-order valence-electron chi connectivity index (χ1n) is 9.70. The van der Waals surface area contributed by atoms with Crippen LogP contribution in [0.2, 0.25) is 0 Å². The normalized spacial score (nSPS) is 13.7. The smallest absolute Gasteiger partial charge is 0.232 e. The maximum atomic E-state index is 12.1. The molecule has 0 unspecified atom stereocenters. The van der Waals surface area contributed by atoms with Gasteiger partial charge in [-0.1, -0.05) is 12.1 Å². The van der Waals surface area contributed by atoms with Crippen molar-refractivity contribution in [1.82, 2.24) is 9.97 Å². The van der Waals surface area contributed by atoms with Gasteiger partial charge in [0, 0.05) is 29.7 Å². The molecule has 2 N–H and O–H groups in total. The Hall–Kier alpha value is -3.38. The first-order chi connectivity index (χ1) is 14.5. The number of unbranched alkanes of at least 4 members (excludes halogenated alkanes) is 1. The van der Waals surface area contributed by atoms with Crippen molar-refractivity contribution in [2.45, 2.75) is 31.7 Å². The van der Waals surface area contributed by atoms with Crippen molar-refractivity contribution < 1.29 is 13.2 Å². The van der Waals surface area contributed by atoms with Gasteiger partial charge in [0.15, 0.2) is 0 Å². The minimum Gasteiger partial charge on any atom is -0.346 e. The fourth-order valence-electron chi connectivity index (χ4n) is 3.36. The summed E-state index contributed by atoms with van der Waals surface area (Å²) in [5.74, 6) is 0.502. The number of nitrogens with one attached hydrogen (secondary N) is 2. The number of nitriles is 1. The monoisotopic (exact) mass is 423 g/mol. The summed E-state index contributed by atoms with van der Waals surface area (Å²) < 4.78 is 26.8. The van der Waals surface area contributed by atoms with Gasteiger partial charge in [0.1, 0.15) is 11.5 Å². The van der Waals surface area contributed by atoms with Crippen LogP contribution >= 0.6 is 0 Å². The molecule has 1 fully saturated rings. The molecule has 0 atom stereocenters. The number of nitrogens with zero attached hydrogens (tertiary/aromatic N) is 3. The van der Waals surface area contributed by atoms with Crippen molar-refractivity contribution in [3.8, 4) is 17.2 Å². The van der Waals surface area contributed by atoms with Crippen LogP contribution < -0.4 is 9.62 Å². The summed E-state index contributed by atoms with van der Waals surface area (Å²) in [6.45, 7) is 0. The van der Waals surface area contributed by atoms with Crippen molar-refractivity contribution >= 4 is 39.0 Å². The van der Waals surface area contributed by atoms with E-state index in [9.17, 15) is 13.2 Å². The van der Waals surface area contributed by atoms with E-state index in [2.05, 4.69) is 14.7 Å². The second-order valence-corrected chi connectivity index (χ2v) is 9.11. The lowest BCUT2D eigenvalue weighted by Gasteiger charge is -2.17. The number of anilines is 2. The lowest BCUT2D eigenvalue weighted by molar-refractivity contribution is -0.107. The molecule has 8 nitrogen and oxygen atoms in total. The van der Waals surface area contributed by atoms with Crippen molar-refractivity contribution in [3.63, 3.8) is 0 Å². The third-order valence-electron chi connectivity index (χ3n) is 5.00. The van der Waals surface area contributed by atoms with Crippen LogP contribution in [0.1, 0.15) is 25.7 Å². The number of amides is 1. The third-order valence-corrected chi connectivity index (χ3v) is 6.38. The molecule has 0 bridgehead atoms. The highest BCUT2D eigenvalue weighted by molar-refractivity contribution is 7.92. The number of sulfonamides is 1. The molecule has 0 radical (unpaired) electrons. The van der Waals surface area contributed by atoms with Gasteiger partial charge in [-0.2, -0.15) is 5.26 Å². The Labute approximate surface area is 174 Å². The van der Waals surface area contributed by atoms with Crippen LogP contribution in [0.3, 0.4) is 0 Å². The van der Waals surface area contributed by atoms with E-state index in [1.54, 1.807) is 23.2 Å². The molecule has 4 rings (SSSR count). The van der Waals surface area contributed by atoms with Gasteiger partial charge in [-0.15, -0.1) is 0 Å². The molecule has 1 saturated carbocycles. The van der Waals surface area contributed by atoms with E-state index in [1.807, 2.05) is 30.3 Å². The Morgan fingerprint density at radius 2 is 2.03 bits per heavy atom. The molecule has 1 amide bonds. The van der Waals surface area contributed by atoms with E-state index >= 15 is 0 Å². The van der Waals surface area contributed by atoms with Gasteiger partial charge in [-0.3, -0.25) is 14.4 Å². The van der Waals surface area contributed by atoms with Crippen molar-refractivity contribution in [2.24, 2.45) is 0 Å². The maximum Gasteiger partial charge on any atom is 0.232 e. The molecule has 0 saturated heterocycles. The van der Waals surface area contributed by atoms with Crippen molar-refractivity contribution in [1.29, 1.82) is 5.26 Å². The first kappa shape index (κ1) is 19.9. The predicted octanol–water partition coefficient (Wildman–Crippen LogP) is 3.40. The van der Waals surface area contributed by atoms with Crippen LogP contribution in [0.5, 0.6) is 0 Å². The second kappa shape index (κ2) is 8.16. The Balaban J connectivity index is 1.62. The number of pyridine rings is 1. The van der Waals surface area contributed by atoms with Crippen LogP contribution in [0.25, 0.3) is 22.2 Å². The summed E-state index contributed by atoms with van der Waals surface area (Å²) in [6, 6.07) is 13.0. The van der Waals surface area contributed by atoms with Gasteiger partial charge < -0.3 is 4.98 Å². The molecule has 9 heteroatoms. The fourth-order valence-corrected chi connectivity index (χ4v) is 4.49. The number of rotatable bonds is 9. The number of H-pyrrole nitrogens is 1. The number of hydrogen-bond acceptors (Lipinski definition) is 5. The molecule has 1 aromatic carbocycles. The van der Waals surface area contributed by atoms with Crippen LogP contribution in [-0.4, -0.2) is 36.6 Å². The molecule has 0 aliphatic heterocycles. The number of aromatic amines is 1. The summed E-state index contributed by atoms with van der Waals surface area (Å²) in [5, 5.41) is 9.48.